The van der Waals surface area contributed by atoms with Crippen molar-refractivity contribution in [3.63, 3.8) is 0 Å². The van der Waals surface area contributed by atoms with Crippen molar-refractivity contribution in [1.29, 1.82) is 0 Å². The molecule has 2 aromatic rings. The second kappa shape index (κ2) is 6.10. The number of amides is 1. The van der Waals surface area contributed by atoms with E-state index < -0.39 is 4.83 Å². The van der Waals surface area contributed by atoms with Crippen LogP contribution in [0.4, 0.5) is 0 Å². The fraction of sp³-hybridized carbons (Fsp3) is 0.182. The Hall–Kier alpha value is -1.21. The molecule has 7 heteroatoms. The van der Waals surface area contributed by atoms with Crippen LogP contribution in [-0.4, -0.2) is 25.6 Å². The highest BCUT2D eigenvalue weighted by molar-refractivity contribution is 9.12. The van der Waals surface area contributed by atoms with Gasteiger partial charge in [0.2, 0.25) is 0 Å². The molecule has 94 valence electrons. The lowest BCUT2D eigenvalue weighted by atomic mass is 10.1. The summed E-state index contributed by atoms with van der Waals surface area (Å²) in [5, 5.41) is 7.22. The molecule has 0 bridgehead atoms. The minimum atomic E-state index is -0.401. The van der Waals surface area contributed by atoms with E-state index in [0.717, 1.165) is 5.56 Å². The summed E-state index contributed by atoms with van der Waals surface area (Å²) in [7, 11) is 0. The number of hydrogen-bond acceptors (Lipinski definition) is 3. The highest BCUT2D eigenvalue weighted by Gasteiger charge is 2.25. The largest absolute Gasteiger partial charge is 0.272 e. The maximum absolute atomic E-state index is 12.0. The molecule has 1 aromatic heterocycles. The molecule has 2 atom stereocenters. The van der Waals surface area contributed by atoms with Gasteiger partial charge in [0.25, 0.3) is 5.91 Å². The summed E-state index contributed by atoms with van der Waals surface area (Å²) in [6.07, 6.45) is 2.84. The Morgan fingerprint density at radius 1 is 1.17 bits per heavy atom. The Balaban J connectivity index is 2.02. The van der Waals surface area contributed by atoms with Gasteiger partial charge in [-0.2, -0.15) is 0 Å². The monoisotopic (exact) mass is 372 g/mol. The first-order valence-electron chi connectivity index (χ1n) is 5.17. The summed E-state index contributed by atoms with van der Waals surface area (Å²) in [5.74, 6) is -0.180. The van der Waals surface area contributed by atoms with Gasteiger partial charge in [0.1, 0.15) is 17.5 Å². The van der Waals surface area contributed by atoms with Crippen molar-refractivity contribution < 1.29 is 4.79 Å². The van der Waals surface area contributed by atoms with E-state index in [4.69, 9.17) is 0 Å². The van der Waals surface area contributed by atoms with Gasteiger partial charge < -0.3 is 0 Å². The van der Waals surface area contributed by atoms with E-state index in [1.807, 2.05) is 30.3 Å². The Kier molecular flexibility index (Phi) is 4.48. The average Bonchev–Trinajstić information content (AvgIpc) is 2.91. The molecule has 0 saturated heterocycles. The molecule has 1 aromatic carbocycles. The summed E-state index contributed by atoms with van der Waals surface area (Å²) >= 11 is 6.89. The van der Waals surface area contributed by atoms with Crippen molar-refractivity contribution >= 4 is 37.8 Å². The van der Waals surface area contributed by atoms with E-state index in [-0.39, 0.29) is 10.7 Å². The molecule has 2 unspecified atom stereocenters. The zero-order valence-corrected chi connectivity index (χ0v) is 12.4. The summed E-state index contributed by atoms with van der Waals surface area (Å²) < 4.78 is 1.40. The number of carbonyl (C=O) groups is 1. The Labute approximate surface area is 121 Å². The molecule has 0 saturated carbocycles. The Morgan fingerprint density at radius 2 is 1.78 bits per heavy atom. The summed E-state index contributed by atoms with van der Waals surface area (Å²) in [6.45, 7) is 0. The van der Waals surface area contributed by atoms with Crippen molar-refractivity contribution in [1.82, 2.24) is 14.9 Å². The lowest BCUT2D eigenvalue weighted by Crippen LogP contribution is -2.31. The molecular weight excluding hydrogens is 364 g/mol. The molecule has 2 rings (SSSR count). The van der Waals surface area contributed by atoms with E-state index in [0.29, 0.717) is 0 Å². The van der Waals surface area contributed by atoms with Crippen LogP contribution in [0.1, 0.15) is 10.4 Å². The SMILES string of the molecule is O=C(Nn1cnnc1)C(Br)C(Br)c1ccccc1. The maximum atomic E-state index is 12.0. The van der Waals surface area contributed by atoms with Crippen LogP contribution in [0.3, 0.4) is 0 Å². The smallest absolute Gasteiger partial charge is 0.254 e. The standard InChI is InChI=1S/C11H10Br2N4O/c12-9(8-4-2-1-3-5-8)10(13)11(18)16-17-6-14-15-7-17/h1-7,9-10H,(H,16,18). The zero-order valence-electron chi connectivity index (χ0n) is 9.20. The third-order valence-electron chi connectivity index (χ3n) is 2.28. The van der Waals surface area contributed by atoms with Crippen LogP contribution in [0, 0.1) is 0 Å². The van der Waals surface area contributed by atoms with Gasteiger partial charge >= 0.3 is 0 Å². The maximum Gasteiger partial charge on any atom is 0.254 e. The van der Waals surface area contributed by atoms with E-state index in [2.05, 4.69) is 47.5 Å². The molecule has 0 fully saturated rings. The normalized spacial score (nSPS) is 13.9. The molecule has 0 aliphatic heterocycles. The van der Waals surface area contributed by atoms with Gasteiger partial charge in [-0.25, -0.2) is 4.68 Å². The second-order valence-electron chi connectivity index (χ2n) is 3.56. The van der Waals surface area contributed by atoms with Crippen molar-refractivity contribution in [2.24, 2.45) is 0 Å². The molecular formula is C11H10Br2N4O. The first-order valence-corrected chi connectivity index (χ1v) is 7.00. The number of aromatic nitrogens is 3. The Morgan fingerprint density at radius 3 is 2.39 bits per heavy atom. The highest BCUT2D eigenvalue weighted by atomic mass is 79.9. The molecule has 0 aliphatic rings. The number of nitrogens with zero attached hydrogens (tertiary/aromatic N) is 3. The number of hydrogen-bond donors (Lipinski definition) is 1. The predicted octanol–water partition coefficient (Wildman–Crippen LogP) is 2.25. The summed E-state index contributed by atoms with van der Waals surface area (Å²) in [4.78, 5) is 11.4. The number of halogens is 2. The summed E-state index contributed by atoms with van der Waals surface area (Å²) in [6, 6.07) is 9.71. The van der Waals surface area contributed by atoms with E-state index in [9.17, 15) is 4.79 Å². The number of carbonyl (C=O) groups excluding carboxylic acids is 1. The number of alkyl halides is 2. The first-order chi connectivity index (χ1) is 8.68. The van der Waals surface area contributed by atoms with E-state index in [1.54, 1.807) is 0 Å². The van der Waals surface area contributed by atoms with Crippen LogP contribution in [-0.2, 0) is 4.79 Å². The van der Waals surface area contributed by atoms with Crippen LogP contribution in [0.2, 0.25) is 0 Å². The number of nitrogens with one attached hydrogen (secondary N) is 1. The molecule has 1 N–H and O–H groups in total. The van der Waals surface area contributed by atoms with Gasteiger partial charge in [-0.1, -0.05) is 62.2 Å². The zero-order chi connectivity index (χ0) is 13.0. The van der Waals surface area contributed by atoms with Crippen molar-refractivity contribution in [2.75, 3.05) is 5.43 Å². The molecule has 18 heavy (non-hydrogen) atoms. The molecule has 1 heterocycles. The van der Waals surface area contributed by atoms with Crippen molar-refractivity contribution in [2.45, 2.75) is 9.65 Å². The van der Waals surface area contributed by atoms with Crippen molar-refractivity contribution in [3.05, 3.63) is 48.5 Å². The minimum Gasteiger partial charge on any atom is -0.272 e. The summed E-state index contributed by atoms with van der Waals surface area (Å²) in [5.41, 5.74) is 3.67. The van der Waals surface area contributed by atoms with Crippen LogP contribution < -0.4 is 5.43 Å². The number of rotatable bonds is 4. The molecule has 0 aliphatic carbocycles. The van der Waals surface area contributed by atoms with Crippen LogP contribution in [0.15, 0.2) is 43.0 Å². The van der Waals surface area contributed by atoms with Crippen molar-refractivity contribution in [3.8, 4) is 0 Å². The number of benzene rings is 1. The fourth-order valence-electron chi connectivity index (χ4n) is 1.39. The van der Waals surface area contributed by atoms with Crippen LogP contribution >= 0.6 is 31.9 Å². The first kappa shape index (κ1) is 13.2. The Bertz CT molecular complexity index is 503. The third kappa shape index (κ3) is 3.17. The minimum absolute atomic E-state index is 0.116. The van der Waals surface area contributed by atoms with Gasteiger partial charge in [-0.05, 0) is 5.56 Å². The molecule has 0 spiro atoms. The lowest BCUT2D eigenvalue weighted by molar-refractivity contribution is -0.116. The van der Waals surface area contributed by atoms with Gasteiger partial charge in [0.05, 0.1) is 4.83 Å². The molecule has 1 amide bonds. The van der Waals surface area contributed by atoms with Gasteiger partial charge in [0.15, 0.2) is 0 Å². The lowest BCUT2D eigenvalue weighted by Gasteiger charge is -2.16. The molecule has 0 radical (unpaired) electrons. The topological polar surface area (TPSA) is 59.8 Å². The van der Waals surface area contributed by atoms with Crippen LogP contribution in [0.5, 0.6) is 0 Å². The van der Waals surface area contributed by atoms with E-state index in [1.165, 1.54) is 17.3 Å². The average molecular weight is 374 g/mol. The third-order valence-corrected chi connectivity index (χ3v) is 4.99. The molecule has 5 nitrogen and oxygen atoms in total. The van der Waals surface area contributed by atoms with Gasteiger partial charge in [0, 0.05) is 0 Å². The fourth-order valence-corrected chi connectivity index (χ4v) is 2.34. The van der Waals surface area contributed by atoms with Crippen LogP contribution in [0.25, 0.3) is 0 Å². The predicted molar refractivity (Wildman–Crippen MR) is 75.2 cm³/mol. The van der Waals surface area contributed by atoms with Gasteiger partial charge in [-0.3, -0.25) is 10.2 Å². The second-order valence-corrected chi connectivity index (χ2v) is 5.53. The van der Waals surface area contributed by atoms with E-state index >= 15 is 0 Å². The highest BCUT2D eigenvalue weighted by Crippen LogP contribution is 2.31. The van der Waals surface area contributed by atoms with Gasteiger partial charge in [-0.15, -0.1) is 10.2 Å². The quantitative estimate of drug-likeness (QED) is 0.836.